The second kappa shape index (κ2) is 6.90. The van der Waals surface area contributed by atoms with E-state index in [9.17, 15) is 18.0 Å². The summed E-state index contributed by atoms with van der Waals surface area (Å²) in [6.45, 7) is 2.21. The lowest BCUT2D eigenvalue weighted by molar-refractivity contribution is -0.153. The van der Waals surface area contributed by atoms with E-state index in [0.29, 0.717) is 33.7 Å². The van der Waals surface area contributed by atoms with Crippen molar-refractivity contribution >= 4 is 22.6 Å². The number of alkyl halides is 3. The number of amides is 1. The van der Waals surface area contributed by atoms with Gasteiger partial charge in [0.15, 0.2) is 12.3 Å². The number of rotatable bonds is 4. The Labute approximate surface area is 153 Å². The van der Waals surface area contributed by atoms with E-state index in [2.05, 4.69) is 20.1 Å². The number of fused-ring (bicyclic) bond motifs is 1. The van der Waals surface area contributed by atoms with E-state index in [-0.39, 0.29) is 11.7 Å². The van der Waals surface area contributed by atoms with Crippen LogP contribution in [-0.2, 0) is 7.05 Å². The molecule has 1 amide bonds. The first-order valence-corrected chi connectivity index (χ1v) is 8.06. The molecule has 0 saturated heterocycles. The van der Waals surface area contributed by atoms with Crippen LogP contribution >= 0.6 is 0 Å². The van der Waals surface area contributed by atoms with Gasteiger partial charge in [-0.2, -0.15) is 18.3 Å². The summed E-state index contributed by atoms with van der Waals surface area (Å²) in [5.74, 6) is -0.291. The van der Waals surface area contributed by atoms with Crippen molar-refractivity contribution in [2.75, 3.05) is 11.9 Å². The molecule has 2 heterocycles. The molecule has 0 aliphatic carbocycles. The third-order valence-corrected chi connectivity index (χ3v) is 3.86. The van der Waals surface area contributed by atoms with Gasteiger partial charge in [-0.3, -0.25) is 9.48 Å². The summed E-state index contributed by atoms with van der Waals surface area (Å²) in [6, 6.07) is 7.36. The topological polar surface area (TPSA) is 69.0 Å². The van der Waals surface area contributed by atoms with Crippen LogP contribution in [0.1, 0.15) is 21.7 Å². The van der Waals surface area contributed by atoms with Gasteiger partial charge in [-0.25, -0.2) is 4.98 Å². The third-order valence-electron chi connectivity index (χ3n) is 3.86. The molecule has 1 N–H and O–H groups in total. The highest BCUT2D eigenvalue weighted by Crippen LogP contribution is 2.24. The largest absolute Gasteiger partial charge is 0.484 e. The van der Waals surface area contributed by atoms with Crippen LogP contribution in [0.25, 0.3) is 11.0 Å². The Balaban J connectivity index is 1.81. The van der Waals surface area contributed by atoms with Gasteiger partial charge in [0, 0.05) is 18.4 Å². The summed E-state index contributed by atoms with van der Waals surface area (Å²) >= 11 is 0. The minimum atomic E-state index is -4.40. The molecule has 1 aromatic carbocycles. The molecule has 0 aliphatic heterocycles. The van der Waals surface area contributed by atoms with Crippen molar-refractivity contribution in [2.45, 2.75) is 20.0 Å². The van der Waals surface area contributed by atoms with Crippen LogP contribution < -0.4 is 10.1 Å². The maximum atomic E-state index is 12.7. The smallest absolute Gasteiger partial charge is 0.422 e. The molecule has 0 bridgehead atoms. The van der Waals surface area contributed by atoms with Gasteiger partial charge < -0.3 is 10.1 Å². The van der Waals surface area contributed by atoms with Crippen LogP contribution in [0.5, 0.6) is 5.75 Å². The molecule has 9 heteroatoms. The molecule has 0 aliphatic rings. The Kier molecular flexibility index (Phi) is 4.77. The average molecular weight is 378 g/mol. The number of benzene rings is 1. The minimum Gasteiger partial charge on any atom is -0.484 e. The van der Waals surface area contributed by atoms with Crippen molar-refractivity contribution < 1.29 is 22.7 Å². The molecule has 0 saturated carbocycles. The summed E-state index contributed by atoms with van der Waals surface area (Å²) < 4.78 is 42.8. The molecule has 27 heavy (non-hydrogen) atoms. The number of nitrogens with one attached hydrogen (secondary N) is 1. The van der Waals surface area contributed by atoms with Gasteiger partial charge >= 0.3 is 6.18 Å². The number of halogens is 3. The molecular formula is C18H17F3N4O2. The number of carbonyl (C=O) groups excluding carboxylic acids is 1. The molecule has 2 aromatic heterocycles. The van der Waals surface area contributed by atoms with E-state index >= 15 is 0 Å². The van der Waals surface area contributed by atoms with Crippen molar-refractivity contribution in [3.63, 3.8) is 0 Å². The Morgan fingerprint density at radius 2 is 1.89 bits per heavy atom. The predicted molar refractivity (Wildman–Crippen MR) is 93.9 cm³/mol. The van der Waals surface area contributed by atoms with E-state index in [1.54, 1.807) is 31.6 Å². The fourth-order valence-electron chi connectivity index (χ4n) is 2.75. The second-order valence-corrected chi connectivity index (χ2v) is 6.10. The van der Waals surface area contributed by atoms with Gasteiger partial charge in [0.25, 0.3) is 5.91 Å². The summed E-state index contributed by atoms with van der Waals surface area (Å²) in [5.41, 5.74) is 2.82. The number of nitrogens with zero attached hydrogens (tertiary/aromatic N) is 3. The van der Waals surface area contributed by atoms with Crippen LogP contribution in [0.4, 0.5) is 18.9 Å². The monoisotopic (exact) mass is 378 g/mol. The normalized spacial score (nSPS) is 11.6. The number of carbonyl (C=O) groups is 1. The highest BCUT2D eigenvalue weighted by molar-refractivity contribution is 6.12. The first-order valence-electron chi connectivity index (χ1n) is 8.06. The lowest BCUT2D eigenvalue weighted by atomic mass is 10.1. The fraction of sp³-hybridized carbons (Fsp3) is 0.278. The van der Waals surface area contributed by atoms with Crippen molar-refractivity contribution in [3.8, 4) is 5.75 Å². The van der Waals surface area contributed by atoms with Gasteiger partial charge in [-0.05, 0) is 44.2 Å². The highest BCUT2D eigenvalue weighted by atomic mass is 19.4. The zero-order chi connectivity index (χ0) is 19.8. The molecule has 3 rings (SSSR count). The zero-order valence-corrected chi connectivity index (χ0v) is 14.9. The van der Waals surface area contributed by atoms with Gasteiger partial charge in [0.05, 0.1) is 16.6 Å². The molecule has 0 unspecified atom stereocenters. The van der Waals surface area contributed by atoms with E-state index in [1.165, 1.54) is 24.3 Å². The van der Waals surface area contributed by atoms with Crippen molar-refractivity contribution in [1.82, 2.24) is 14.8 Å². The van der Waals surface area contributed by atoms with Gasteiger partial charge in [0.2, 0.25) is 0 Å². The molecule has 0 radical (unpaired) electrons. The molecule has 142 valence electrons. The maximum absolute atomic E-state index is 12.7. The third kappa shape index (κ3) is 4.18. The zero-order valence-electron chi connectivity index (χ0n) is 14.9. The van der Waals surface area contributed by atoms with Crippen LogP contribution in [0.15, 0.2) is 30.3 Å². The van der Waals surface area contributed by atoms with E-state index in [4.69, 9.17) is 0 Å². The van der Waals surface area contributed by atoms with Crippen LogP contribution in [0, 0.1) is 13.8 Å². The van der Waals surface area contributed by atoms with Crippen molar-refractivity contribution in [2.24, 2.45) is 7.05 Å². The fourth-order valence-corrected chi connectivity index (χ4v) is 2.75. The molecular weight excluding hydrogens is 361 g/mol. The van der Waals surface area contributed by atoms with E-state index in [1.807, 2.05) is 0 Å². The first-order chi connectivity index (χ1) is 12.6. The maximum Gasteiger partial charge on any atom is 0.422 e. The summed E-state index contributed by atoms with van der Waals surface area (Å²) in [7, 11) is 1.75. The van der Waals surface area contributed by atoms with Crippen LogP contribution in [0.3, 0.4) is 0 Å². The van der Waals surface area contributed by atoms with Crippen molar-refractivity contribution in [1.29, 1.82) is 0 Å². The highest BCUT2D eigenvalue weighted by Gasteiger charge is 2.28. The number of hydrogen-bond acceptors (Lipinski definition) is 4. The number of aromatic nitrogens is 3. The standard InChI is InChI=1S/C18H17F3N4O2/c1-10-8-14(15-11(2)24-25(3)16(15)22-10)17(26)23-12-4-6-13(7-5-12)27-9-18(19,20)21/h4-8H,9H2,1-3H3,(H,23,26). The Morgan fingerprint density at radius 3 is 2.52 bits per heavy atom. The average Bonchev–Trinajstić information content (AvgIpc) is 2.87. The van der Waals surface area contributed by atoms with Crippen molar-refractivity contribution in [3.05, 3.63) is 47.3 Å². The lowest BCUT2D eigenvalue weighted by Gasteiger charge is -2.11. The molecule has 3 aromatic rings. The molecule has 6 nitrogen and oxygen atoms in total. The summed E-state index contributed by atoms with van der Waals surface area (Å²) in [4.78, 5) is 17.1. The number of hydrogen-bond donors (Lipinski definition) is 1. The van der Waals surface area contributed by atoms with Gasteiger partial charge in [-0.1, -0.05) is 0 Å². The number of anilines is 1. The Hall–Kier alpha value is -3.10. The van der Waals surface area contributed by atoms with Crippen LogP contribution in [-0.4, -0.2) is 33.5 Å². The van der Waals surface area contributed by atoms with Gasteiger partial charge in [-0.15, -0.1) is 0 Å². The predicted octanol–water partition coefficient (Wildman–Crippen LogP) is 3.78. The van der Waals surface area contributed by atoms with E-state index < -0.39 is 12.8 Å². The Morgan fingerprint density at radius 1 is 1.22 bits per heavy atom. The van der Waals surface area contributed by atoms with Gasteiger partial charge in [0.1, 0.15) is 5.75 Å². The SMILES string of the molecule is Cc1cc(C(=O)Nc2ccc(OCC(F)(F)F)cc2)c2c(C)nn(C)c2n1. The number of aryl methyl sites for hydroxylation is 3. The second-order valence-electron chi connectivity index (χ2n) is 6.10. The number of ether oxygens (including phenoxy) is 1. The number of pyridine rings is 1. The molecule has 0 fully saturated rings. The van der Waals surface area contributed by atoms with Crippen LogP contribution in [0.2, 0.25) is 0 Å². The minimum absolute atomic E-state index is 0.0653. The molecule has 0 spiro atoms. The quantitative estimate of drug-likeness (QED) is 0.750. The van der Waals surface area contributed by atoms with E-state index in [0.717, 1.165) is 0 Å². The Bertz CT molecular complexity index is 994. The molecule has 0 atom stereocenters. The summed E-state index contributed by atoms with van der Waals surface area (Å²) in [5, 5.41) is 7.69. The first kappa shape index (κ1) is 18.7. The lowest BCUT2D eigenvalue weighted by Crippen LogP contribution is -2.19. The summed E-state index contributed by atoms with van der Waals surface area (Å²) in [6.07, 6.45) is -4.40.